The minimum Gasteiger partial charge on any atom is -0.454 e. The summed E-state index contributed by atoms with van der Waals surface area (Å²) in [6.45, 7) is 1.05. The van der Waals surface area contributed by atoms with Gasteiger partial charge in [0.2, 0.25) is 6.79 Å². The molecular formula is C13H18N2O2. The summed E-state index contributed by atoms with van der Waals surface area (Å²) < 4.78 is 10.7. The second kappa shape index (κ2) is 3.89. The molecule has 1 aromatic carbocycles. The van der Waals surface area contributed by atoms with E-state index in [-0.39, 0.29) is 5.41 Å². The maximum absolute atomic E-state index is 5.90. The summed E-state index contributed by atoms with van der Waals surface area (Å²) in [5.41, 5.74) is 7.37. The Morgan fingerprint density at radius 1 is 1.35 bits per heavy atom. The van der Waals surface area contributed by atoms with Gasteiger partial charge < -0.3 is 20.5 Å². The molecule has 3 N–H and O–H groups in total. The van der Waals surface area contributed by atoms with E-state index in [1.807, 2.05) is 13.1 Å². The van der Waals surface area contributed by atoms with E-state index in [0.29, 0.717) is 12.8 Å². The number of fused-ring (bicyclic) bond motifs is 1. The second-order valence-electron chi connectivity index (χ2n) is 4.90. The van der Waals surface area contributed by atoms with Crippen LogP contribution in [0.15, 0.2) is 18.2 Å². The molecule has 17 heavy (non-hydrogen) atoms. The molecule has 0 aromatic heterocycles. The third kappa shape index (κ3) is 1.68. The van der Waals surface area contributed by atoms with Crippen molar-refractivity contribution in [1.82, 2.24) is 5.32 Å². The highest BCUT2D eigenvalue weighted by atomic mass is 16.7. The van der Waals surface area contributed by atoms with Crippen LogP contribution in [0, 0.1) is 5.41 Å². The first kappa shape index (κ1) is 10.9. The monoisotopic (exact) mass is 234 g/mol. The Morgan fingerprint density at radius 3 is 2.76 bits per heavy atom. The van der Waals surface area contributed by atoms with E-state index < -0.39 is 0 Å². The summed E-state index contributed by atoms with van der Waals surface area (Å²) in [6, 6.07) is 6.46. The fraction of sp³-hybridized carbons (Fsp3) is 0.538. The van der Waals surface area contributed by atoms with Crippen molar-refractivity contribution in [2.24, 2.45) is 11.1 Å². The van der Waals surface area contributed by atoms with Crippen LogP contribution >= 0.6 is 0 Å². The minimum absolute atomic E-state index is 0.239. The standard InChI is InChI=1S/C13H18N2O2/c1-15-12(13(7-14)4-5-13)9-2-3-10-11(6-9)17-8-16-10/h2-3,6,12,15H,4-5,7-8,14H2,1H3. The molecule has 1 saturated carbocycles. The third-order valence-corrected chi connectivity index (χ3v) is 3.93. The number of hydrogen-bond acceptors (Lipinski definition) is 4. The van der Waals surface area contributed by atoms with Crippen molar-refractivity contribution >= 4 is 0 Å². The minimum atomic E-state index is 0.239. The van der Waals surface area contributed by atoms with E-state index in [2.05, 4.69) is 17.4 Å². The highest BCUT2D eigenvalue weighted by molar-refractivity contribution is 5.46. The zero-order chi connectivity index (χ0) is 11.9. The SMILES string of the molecule is CNC(c1ccc2c(c1)OCO2)C1(CN)CC1. The molecule has 4 heteroatoms. The molecule has 0 amide bonds. The number of ether oxygens (including phenoxy) is 2. The third-order valence-electron chi connectivity index (χ3n) is 3.93. The Labute approximate surface area is 101 Å². The van der Waals surface area contributed by atoms with Crippen LogP contribution in [0.5, 0.6) is 11.5 Å². The van der Waals surface area contributed by atoms with Gasteiger partial charge in [0.15, 0.2) is 11.5 Å². The normalized spacial score (nSPS) is 21.3. The van der Waals surface area contributed by atoms with E-state index >= 15 is 0 Å². The predicted molar refractivity (Wildman–Crippen MR) is 65.1 cm³/mol. The summed E-state index contributed by atoms with van der Waals surface area (Å²) >= 11 is 0. The quantitative estimate of drug-likeness (QED) is 0.827. The van der Waals surface area contributed by atoms with Crippen LogP contribution in [-0.4, -0.2) is 20.4 Å². The molecule has 92 valence electrons. The van der Waals surface area contributed by atoms with E-state index in [9.17, 15) is 0 Å². The van der Waals surface area contributed by atoms with Crippen molar-refractivity contribution < 1.29 is 9.47 Å². The maximum atomic E-state index is 5.90. The van der Waals surface area contributed by atoms with E-state index in [0.717, 1.165) is 18.0 Å². The Kier molecular flexibility index (Phi) is 2.49. The van der Waals surface area contributed by atoms with E-state index in [1.165, 1.54) is 18.4 Å². The van der Waals surface area contributed by atoms with Crippen molar-refractivity contribution in [3.8, 4) is 11.5 Å². The summed E-state index contributed by atoms with van der Waals surface area (Å²) in [4.78, 5) is 0. The molecule has 1 aliphatic carbocycles. The molecule has 0 bridgehead atoms. The van der Waals surface area contributed by atoms with Gasteiger partial charge in [0.1, 0.15) is 0 Å². The fourth-order valence-corrected chi connectivity index (χ4v) is 2.69. The van der Waals surface area contributed by atoms with Crippen LogP contribution < -0.4 is 20.5 Å². The number of hydrogen-bond donors (Lipinski definition) is 2. The average Bonchev–Trinajstić information content (AvgIpc) is 3.00. The van der Waals surface area contributed by atoms with Crippen LogP contribution in [0.2, 0.25) is 0 Å². The fourth-order valence-electron chi connectivity index (χ4n) is 2.69. The first-order valence-electron chi connectivity index (χ1n) is 6.06. The van der Waals surface area contributed by atoms with Gasteiger partial charge >= 0.3 is 0 Å². The lowest BCUT2D eigenvalue weighted by Gasteiger charge is -2.26. The first-order valence-corrected chi connectivity index (χ1v) is 6.06. The molecule has 1 heterocycles. The van der Waals surface area contributed by atoms with Crippen LogP contribution in [-0.2, 0) is 0 Å². The van der Waals surface area contributed by atoms with Crippen molar-refractivity contribution in [1.29, 1.82) is 0 Å². The molecule has 1 atom stereocenters. The van der Waals surface area contributed by atoms with Crippen molar-refractivity contribution in [3.63, 3.8) is 0 Å². The Balaban J connectivity index is 1.92. The number of nitrogens with two attached hydrogens (primary N) is 1. The van der Waals surface area contributed by atoms with Gasteiger partial charge in [0, 0.05) is 11.5 Å². The van der Waals surface area contributed by atoms with Gasteiger partial charge in [-0.15, -0.1) is 0 Å². The molecule has 4 nitrogen and oxygen atoms in total. The molecule has 0 saturated heterocycles. The zero-order valence-electron chi connectivity index (χ0n) is 10.0. The van der Waals surface area contributed by atoms with Crippen LogP contribution in [0.4, 0.5) is 0 Å². The van der Waals surface area contributed by atoms with Crippen molar-refractivity contribution in [3.05, 3.63) is 23.8 Å². The highest BCUT2D eigenvalue weighted by Crippen LogP contribution is 2.54. The predicted octanol–water partition coefficient (Wildman–Crippen LogP) is 1.41. The molecule has 0 spiro atoms. The molecular weight excluding hydrogens is 216 g/mol. The summed E-state index contributed by atoms with van der Waals surface area (Å²) in [5, 5.41) is 3.39. The van der Waals surface area contributed by atoms with Gasteiger partial charge in [0.25, 0.3) is 0 Å². The van der Waals surface area contributed by atoms with Gasteiger partial charge in [-0.05, 0) is 44.1 Å². The smallest absolute Gasteiger partial charge is 0.231 e. The van der Waals surface area contributed by atoms with E-state index in [4.69, 9.17) is 15.2 Å². The summed E-state index contributed by atoms with van der Waals surface area (Å²) in [6.07, 6.45) is 2.40. The number of nitrogens with one attached hydrogen (secondary N) is 1. The molecule has 1 aliphatic heterocycles. The Hall–Kier alpha value is -1.26. The topological polar surface area (TPSA) is 56.5 Å². The van der Waals surface area contributed by atoms with Gasteiger partial charge in [-0.2, -0.15) is 0 Å². The molecule has 1 aromatic rings. The van der Waals surface area contributed by atoms with Crippen molar-refractivity contribution in [2.75, 3.05) is 20.4 Å². The number of benzene rings is 1. The average molecular weight is 234 g/mol. The lowest BCUT2D eigenvalue weighted by Crippen LogP contribution is -2.32. The lowest BCUT2D eigenvalue weighted by molar-refractivity contribution is 0.174. The van der Waals surface area contributed by atoms with Crippen molar-refractivity contribution in [2.45, 2.75) is 18.9 Å². The lowest BCUT2D eigenvalue weighted by atomic mass is 9.90. The van der Waals surface area contributed by atoms with Gasteiger partial charge in [-0.1, -0.05) is 6.07 Å². The number of rotatable bonds is 4. The summed E-state index contributed by atoms with van der Waals surface area (Å²) in [5.74, 6) is 1.68. The first-order chi connectivity index (χ1) is 8.29. The Bertz CT molecular complexity index is 429. The molecule has 1 unspecified atom stereocenters. The molecule has 2 aliphatic rings. The molecule has 1 fully saturated rings. The molecule has 3 rings (SSSR count). The summed E-state index contributed by atoms with van der Waals surface area (Å²) in [7, 11) is 1.99. The van der Waals surface area contributed by atoms with Crippen LogP contribution in [0.1, 0.15) is 24.4 Å². The van der Waals surface area contributed by atoms with Gasteiger partial charge in [-0.25, -0.2) is 0 Å². The zero-order valence-corrected chi connectivity index (χ0v) is 10.0. The maximum Gasteiger partial charge on any atom is 0.231 e. The second-order valence-corrected chi connectivity index (χ2v) is 4.90. The van der Waals surface area contributed by atoms with Gasteiger partial charge in [0.05, 0.1) is 0 Å². The largest absolute Gasteiger partial charge is 0.454 e. The van der Waals surface area contributed by atoms with E-state index in [1.54, 1.807) is 0 Å². The highest BCUT2D eigenvalue weighted by Gasteiger charge is 2.48. The Morgan fingerprint density at radius 2 is 2.12 bits per heavy atom. The van der Waals surface area contributed by atoms with Crippen LogP contribution in [0.25, 0.3) is 0 Å². The van der Waals surface area contributed by atoms with Crippen LogP contribution in [0.3, 0.4) is 0 Å². The van der Waals surface area contributed by atoms with Gasteiger partial charge in [-0.3, -0.25) is 0 Å². The molecule has 0 radical (unpaired) electrons.